The Bertz CT molecular complexity index is 431. The SMILES string of the molecule is OC1CC(Cc2ccc(Cl)cc2)N(C2CCNCC2)C1. The van der Waals surface area contributed by atoms with Crippen LogP contribution in [0, 0.1) is 0 Å². The van der Waals surface area contributed by atoms with Gasteiger partial charge in [0.25, 0.3) is 0 Å². The second kappa shape index (κ2) is 6.44. The van der Waals surface area contributed by atoms with E-state index >= 15 is 0 Å². The van der Waals surface area contributed by atoms with Gasteiger partial charge in [-0.1, -0.05) is 23.7 Å². The van der Waals surface area contributed by atoms with Gasteiger partial charge in [0.05, 0.1) is 6.10 Å². The number of aliphatic hydroxyl groups excluding tert-OH is 1. The lowest BCUT2D eigenvalue weighted by Gasteiger charge is -2.35. The summed E-state index contributed by atoms with van der Waals surface area (Å²) in [5.74, 6) is 0. The average Bonchev–Trinajstić information content (AvgIpc) is 2.83. The summed E-state index contributed by atoms with van der Waals surface area (Å²) in [5, 5.41) is 14.2. The van der Waals surface area contributed by atoms with Crippen molar-refractivity contribution >= 4 is 11.6 Å². The summed E-state index contributed by atoms with van der Waals surface area (Å²) in [4.78, 5) is 2.54. The van der Waals surface area contributed by atoms with Crippen LogP contribution in [0.3, 0.4) is 0 Å². The molecule has 2 unspecified atom stereocenters. The Labute approximate surface area is 125 Å². The van der Waals surface area contributed by atoms with Crippen molar-refractivity contribution in [1.29, 1.82) is 0 Å². The van der Waals surface area contributed by atoms with E-state index in [0.717, 1.165) is 37.5 Å². The molecule has 3 nitrogen and oxygen atoms in total. The first-order valence-electron chi connectivity index (χ1n) is 7.61. The van der Waals surface area contributed by atoms with Gasteiger partial charge in [0.15, 0.2) is 0 Å². The third-order valence-corrected chi connectivity index (χ3v) is 4.85. The molecule has 0 aliphatic carbocycles. The molecule has 2 heterocycles. The lowest BCUT2D eigenvalue weighted by atomic mass is 9.99. The van der Waals surface area contributed by atoms with Crippen molar-refractivity contribution in [2.24, 2.45) is 0 Å². The number of aliphatic hydroxyl groups is 1. The fourth-order valence-corrected chi connectivity index (χ4v) is 3.72. The molecule has 2 N–H and O–H groups in total. The summed E-state index contributed by atoms with van der Waals surface area (Å²) >= 11 is 5.94. The van der Waals surface area contributed by atoms with E-state index in [4.69, 9.17) is 11.6 Å². The van der Waals surface area contributed by atoms with Crippen LogP contribution in [0.25, 0.3) is 0 Å². The Kier molecular flexibility index (Phi) is 4.61. The third-order valence-electron chi connectivity index (χ3n) is 4.60. The van der Waals surface area contributed by atoms with Gasteiger partial charge in [-0.05, 0) is 56.5 Å². The van der Waals surface area contributed by atoms with Crippen LogP contribution in [0.15, 0.2) is 24.3 Å². The minimum atomic E-state index is -0.165. The number of piperidine rings is 1. The summed E-state index contributed by atoms with van der Waals surface area (Å²) < 4.78 is 0. The first-order valence-corrected chi connectivity index (χ1v) is 7.99. The van der Waals surface area contributed by atoms with Crippen LogP contribution in [0.2, 0.25) is 5.02 Å². The predicted octanol–water partition coefficient (Wildman–Crippen LogP) is 2.07. The summed E-state index contributed by atoms with van der Waals surface area (Å²) in [7, 11) is 0. The number of hydrogen-bond acceptors (Lipinski definition) is 3. The Balaban J connectivity index is 1.67. The quantitative estimate of drug-likeness (QED) is 0.896. The normalized spacial score (nSPS) is 28.9. The van der Waals surface area contributed by atoms with Crippen LogP contribution in [0.4, 0.5) is 0 Å². The molecule has 0 aromatic heterocycles. The van der Waals surface area contributed by atoms with E-state index < -0.39 is 0 Å². The molecule has 110 valence electrons. The first kappa shape index (κ1) is 14.3. The molecular formula is C16H23ClN2O. The van der Waals surface area contributed by atoms with Gasteiger partial charge >= 0.3 is 0 Å². The monoisotopic (exact) mass is 294 g/mol. The molecule has 0 spiro atoms. The van der Waals surface area contributed by atoms with Gasteiger partial charge in [-0.2, -0.15) is 0 Å². The average molecular weight is 295 g/mol. The number of rotatable bonds is 3. The van der Waals surface area contributed by atoms with Gasteiger partial charge in [0.1, 0.15) is 0 Å². The number of likely N-dealkylation sites (tertiary alicyclic amines) is 1. The van der Waals surface area contributed by atoms with Crippen molar-refractivity contribution in [2.45, 2.75) is 43.9 Å². The molecule has 2 atom stereocenters. The maximum absolute atomic E-state index is 10.0. The van der Waals surface area contributed by atoms with Gasteiger partial charge in [0, 0.05) is 23.7 Å². The minimum Gasteiger partial charge on any atom is -0.392 e. The van der Waals surface area contributed by atoms with Crippen molar-refractivity contribution in [2.75, 3.05) is 19.6 Å². The van der Waals surface area contributed by atoms with Crippen LogP contribution < -0.4 is 5.32 Å². The molecule has 2 fully saturated rings. The predicted molar refractivity (Wildman–Crippen MR) is 82.2 cm³/mol. The highest BCUT2D eigenvalue weighted by Crippen LogP contribution is 2.27. The zero-order valence-electron chi connectivity index (χ0n) is 11.8. The maximum atomic E-state index is 10.0. The molecule has 2 saturated heterocycles. The van der Waals surface area contributed by atoms with Gasteiger partial charge in [0.2, 0.25) is 0 Å². The molecule has 20 heavy (non-hydrogen) atoms. The number of nitrogens with one attached hydrogen (secondary N) is 1. The number of β-amino-alcohol motifs (C(OH)–C–C–N with tert-alkyl or cyclic N) is 1. The van der Waals surface area contributed by atoms with Crippen molar-refractivity contribution in [1.82, 2.24) is 10.2 Å². The van der Waals surface area contributed by atoms with Crippen LogP contribution in [0.5, 0.6) is 0 Å². The molecule has 4 heteroatoms. The van der Waals surface area contributed by atoms with Crippen LogP contribution in [-0.2, 0) is 6.42 Å². The number of benzene rings is 1. The van der Waals surface area contributed by atoms with E-state index in [1.54, 1.807) is 0 Å². The zero-order valence-corrected chi connectivity index (χ0v) is 12.5. The summed E-state index contributed by atoms with van der Waals surface area (Å²) in [6.07, 6.45) is 4.14. The topological polar surface area (TPSA) is 35.5 Å². The summed E-state index contributed by atoms with van der Waals surface area (Å²) in [6.45, 7) is 3.04. The van der Waals surface area contributed by atoms with Gasteiger partial charge in [-0.3, -0.25) is 4.90 Å². The fraction of sp³-hybridized carbons (Fsp3) is 0.625. The van der Waals surface area contributed by atoms with E-state index in [2.05, 4.69) is 22.3 Å². The van der Waals surface area contributed by atoms with Gasteiger partial charge < -0.3 is 10.4 Å². The molecule has 3 rings (SSSR count). The van der Waals surface area contributed by atoms with E-state index in [0.29, 0.717) is 12.1 Å². The third kappa shape index (κ3) is 3.34. The molecular weight excluding hydrogens is 272 g/mol. The highest BCUT2D eigenvalue weighted by atomic mass is 35.5. The number of hydrogen-bond donors (Lipinski definition) is 2. The Morgan fingerprint density at radius 1 is 1.20 bits per heavy atom. The first-order chi connectivity index (χ1) is 9.72. The summed E-state index contributed by atoms with van der Waals surface area (Å²) in [5.41, 5.74) is 1.31. The molecule has 0 amide bonds. The fourth-order valence-electron chi connectivity index (χ4n) is 3.60. The number of nitrogens with zero attached hydrogens (tertiary/aromatic N) is 1. The van der Waals surface area contributed by atoms with Crippen molar-refractivity contribution in [3.8, 4) is 0 Å². The van der Waals surface area contributed by atoms with E-state index in [1.807, 2.05) is 12.1 Å². The molecule has 1 aromatic carbocycles. The summed E-state index contributed by atoms with van der Waals surface area (Å²) in [6, 6.07) is 9.22. The van der Waals surface area contributed by atoms with E-state index in [1.165, 1.54) is 18.4 Å². The molecule has 0 bridgehead atoms. The van der Waals surface area contributed by atoms with Crippen LogP contribution in [0.1, 0.15) is 24.8 Å². The Morgan fingerprint density at radius 3 is 2.60 bits per heavy atom. The van der Waals surface area contributed by atoms with Crippen molar-refractivity contribution < 1.29 is 5.11 Å². The van der Waals surface area contributed by atoms with E-state index in [-0.39, 0.29) is 6.10 Å². The highest BCUT2D eigenvalue weighted by molar-refractivity contribution is 6.30. The highest BCUT2D eigenvalue weighted by Gasteiger charge is 2.35. The van der Waals surface area contributed by atoms with Gasteiger partial charge in [-0.15, -0.1) is 0 Å². The lowest BCUT2D eigenvalue weighted by molar-refractivity contribution is 0.126. The second-order valence-corrected chi connectivity index (χ2v) is 6.49. The Hall–Kier alpha value is -0.610. The molecule has 0 saturated carbocycles. The van der Waals surface area contributed by atoms with Gasteiger partial charge in [-0.25, -0.2) is 0 Å². The van der Waals surface area contributed by atoms with Crippen molar-refractivity contribution in [3.05, 3.63) is 34.9 Å². The lowest BCUT2D eigenvalue weighted by Crippen LogP contribution is -2.46. The molecule has 2 aliphatic heterocycles. The van der Waals surface area contributed by atoms with Crippen molar-refractivity contribution in [3.63, 3.8) is 0 Å². The van der Waals surface area contributed by atoms with Crippen LogP contribution >= 0.6 is 11.6 Å². The Morgan fingerprint density at radius 2 is 1.90 bits per heavy atom. The molecule has 2 aliphatic rings. The van der Waals surface area contributed by atoms with Crippen LogP contribution in [-0.4, -0.2) is 47.8 Å². The zero-order chi connectivity index (χ0) is 13.9. The van der Waals surface area contributed by atoms with E-state index in [9.17, 15) is 5.11 Å². The largest absolute Gasteiger partial charge is 0.392 e. The standard InChI is InChI=1S/C16H23ClN2O/c17-13-3-1-12(2-4-13)9-15-10-16(20)11-19(15)14-5-7-18-8-6-14/h1-4,14-16,18,20H,5-11H2. The minimum absolute atomic E-state index is 0.165. The smallest absolute Gasteiger partial charge is 0.0682 e. The maximum Gasteiger partial charge on any atom is 0.0682 e. The molecule has 0 radical (unpaired) electrons. The molecule has 1 aromatic rings. The second-order valence-electron chi connectivity index (χ2n) is 6.05. The number of halogens is 1.